The van der Waals surface area contributed by atoms with Gasteiger partial charge in [-0.25, -0.2) is 9.97 Å². The van der Waals surface area contributed by atoms with Gasteiger partial charge in [0.05, 0.1) is 0 Å². The third-order valence-electron chi connectivity index (χ3n) is 7.60. The van der Waals surface area contributed by atoms with Crippen LogP contribution < -0.4 is 10.1 Å². The highest BCUT2D eigenvalue weighted by atomic mass is 19.4. The number of aromatic amines is 1. The second kappa shape index (κ2) is 11.4. The van der Waals surface area contributed by atoms with Crippen LogP contribution in [0.5, 0.6) is 5.75 Å². The summed E-state index contributed by atoms with van der Waals surface area (Å²) in [5.41, 5.74) is 4.20. The van der Waals surface area contributed by atoms with Gasteiger partial charge in [0, 0.05) is 42.7 Å². The second-order valence-electron chi connectivity index (χ2n) is 10.4. The van der Waals surface area contributed by atoms with Crippen LogP contribution in [0.2, 0.25) is 0 Å². The Kier molecular flexibility index (Phi) is 7.55. The fraction of sp³-hybridized carbons (Fsp3) is 0.333. The molecule has 0 spiro atoms. The Bertz CT molecular complexity index is 1590. The van der Waals surface area contributed by atoms with Gasteiger partial charge in [0.25, 0.3) is 11.8 Å². The first-order valence-electron chi connectivity index (χ1n) is 13.8. The van der Waals surface area contributed by atoms with E-state index in [2.05, 4.69) is 20.0 Å². The van der Waals surface area contributed by atoms with Crippen LogP contribution in [0.15, 0.2) is 60.8 Å². The number of carbonyl (C=O) groups is 2. The topological polar surface area (TPSA) is 109 Å². The van der Waals surface area contributed by atoms with Gasteiger partial charge < -0.3 is 24.7 Å². The van der Waals surface area contributed by atoms with Crippen LogP contribution in [0.25, 0.3) is 22.6 Å². The molecule has 42 heavy (non-hydrogen) atoms. The minimum atomic E-state index is -4.78. The van der Waals surface area contributed by atoms with E-state index in [9.17, 15) is 22.8 Å². The smallest absolute Gasteiger partial charge is 0.406 e. The van der Waals surface area contributed by atoms with Crippen LogP contribution in [-0.2, 0) is 9.53 Å². The number of fused-ring (bicyclic) bond motifs is 1. The maximum absolute atomic E-state index is 13.0. The van der Waals surface area contributed by atoms with Crippen molar-refractivity contribution in [1.82, 2.24) is 19.9 Å². The third-order valence-corrected chi connectivity index (χ3v) is 7.60. The molecule has 6 rings (SSSR count). The number of halogens is 3. The zero-order valence-corrected chi connectivity index (χ0v) is 22.5. The molecule has 0 aliphatic carbocycles. The number of H-pyrrole nitrogens is 1. The summed E-state index contributed by atoms with van der Waals surface area (Å²) in [7, 11) is 0. The van der Waals surface area contributed by atoms with Crippen molar-refractivity contribution < 1.29 is 32.2 Å². The molecule has 2 N–H and O–H groups in total. The average molecular weight is 580 g/mol. The zero-order chi connectivity index (χ0) is 29.3. The molecule has 2 aliphatic rings. The first kappa shape index (κ1) is 27.7. The van der Waals surface area contributed by atoms with Gasteiger partial charge in [0.1, 0.15) is 23.2 Å². The highest BCUT2D eigenvalue weighted by Gasteiger charge is 2.31. The number of alkyl halides is 3. The lowest BCUT2D eigenvalue weighted by Gasteiger charge is -2.32. The van der Waals surface area contributed by atoms with E-state index >= 15 is 0 Å². The molecule has 0 saturated carbocycles. The Labute approximate surface area is 239 Å². The summed E-state index contributed by atoms with van der Waals surface area (Å²) < 4.78 is 46.7. The van der Waals surface area contributed by atoms with Crippen LogP contribution in [0.1, 0.15) is 47.5 Å². The Morgan fingerprint density at radius 2 is 1.83 bits per heavy atom. The van der Waals surface area contributed by atoms with Gasteiger partial charge in [-0.3, -0.25) is 9.59 Å². The molecule has 1 atom stereocenters. The lowest BCUT2D eigenvalue weighted by Crippen LogP contribution is -2.38. The van der Waals surface area contributed by atoms with Crippen molar-refractivity contribution in [2.24, 2.45) is 0 Å². The van der Waals surface area contributed by atoms with Crippen LogP contribution in [0.4, 0.5) is 18.9 Å². The molecule has 2 fully saturated rings. The molecule has 2 amide bonds. The number of nitrogens with zero attached hydrogens (tertiary/aromatic N) is 3. The molecule has 2 aliphatic heterocycles. The van der Waals surface area contributed by atoms with Crippen molar-refractivity contribution in [2.75, 3.05) is 25.0 Å². The normalized spacial score (nSPS) is 17.9. The third kappa shape index (κ3) is 6.08. The molecule has 4 heterocycles. The van der Waals surface area contributed by atoms with Crippen LogP contribution in [0.3, 0.4) is 0 Å². The Hall–Kier alpha value is -4.45. The number of carbonyl (C=O) groups excluding carboxylic acids is 2. The van der Waals surface area contributed by atoms with E-state index in [0.29, 0.717) is 61.7 Å². The van der Waals surface area contributed by atoms with Crippen molar-refractivity contribution in [2.45, 2.75) is 44.1 Å². The van der Waals surface area contributed by atoms with Gasteiger partial charge in [-0.2, -0.15) is 0 Å². The molecular weight excluding hydrogens is 551 g/mol. The van der Waals surface area contributed by atoms with Crippen molar-refractivity contribution in [3.63, 3.8) is 0 Å². The van der Waals surface area contributed by atoms with E-state index in [-0.39, 0.29) is 23.5 Å². The highest BCUT2D eigenvalue weighted by molar-refractivity contribution is 5.95. The van der Waals surface area contributed by atoms with Crippen molar-refractivity contribution in [1.29, 1.82) is 0 Å². The molecule has 0 bridgehead atoms. The Morgan fingerprint density at radius 3 is 2.55 bits per heavy atom. The number of pyridine rings is 1. The van der Waals surface area contributed by atoms with Crippen LogP contribution in [-0.4, -0.2) is 63.8 Å². The molecule has 4 aromatic rings. The van der Waals surface area contributed by atoms with Gasteiger partial charge in [-0.15, -0.1) is 13.2 Å². The number of ether oxygens (including phenoxy) is 2. The largest absolute Gasteiger partial charge is 0.573 e. The van der Waals surface area contributed by atoms with Gasteiger partial charge >= 0.3 is 6.36 Å². The van der Waals surface area contributed by atoms with Gasteiger partial charge in [-0.05, 0) is 79.6 Å². The minimum Gasteiger partial charge on any atom is -0.406 e. The molecule has 9 nitrogen and oxygen atoms in total. The number of rotatable bonds is 6. The number of anilines is 1. The lowest BCUT2D eigenvalue weighted by molar-refractivity contribution is -0.274. The molecule has 2 aromatic heterocycles. The number of imidazole rings is 1. The lowest BCUT2D eigenvalue weighted by atomic mass is 9.89. The van der Waals surface area contributed by atoms with Gasteiger partial charge in [0.2, 0.25) is 0 Å². The van der Waals surface area contributed by atoms with Gasteiger partial charge in [0.15, 0.2) is 5.65 Å². The quantitative estimate of drug-likeness (QED) is 0.305. The number of piperidine rings is 1. The first-order chi connectivity index (χ1) is 20.2. The van der Waals surface area contributed by atoms with E-state index in [1.54, 1.807) is 11.1 Å². The van der Waals surface area contributed by atoms with Gasteiger partial charge in [-0.1, -0.05) is 12.1 Å². The summed E-state index contributed by atoms with van der Waals surface area (Å²) in [6, 6.07) is 14.4. The van der Waals surface area contributed by atoms with E-state index in [1.165, 1.54) is 12.1 Å². The SMILES string of the molecule is O=C(Nc1cccc(-c2nc3c(C4CCN(C(=O)c5ccc(OC(F)(F)F)cc5)CC4)ccnc3[nH]2)c1)C1CCCO1. The number of amides is 2. The Morgan fingerprint density at radius 1 is 1.05 bits per heavy atom. The van der Waals surface area contributed by atoms with E-state index in [1.807, 2.05) is 30.3 Å². The van der Waals surface area contributed by atoms with Crippen LogP contribution in [0, 0.1) is 0 Å². The predicted octanol–water partition coefficient (Wildman–Crippen LogP) is 5.66. The summed E-state index contributed by atoms with van der Waals surface area (Å²) >= 11 is 0. The fourth-order valence-electron chi connectivity index (χ4n) is 5.52. The number of benzene rings is 2. The van der Waals surface area contributed by atoms with E-state index in [0.717, 1.165) is 35.2 Å². The monoisotopic (exact) mass is 579 g/mol. The molecular formula is C30H28F3N5O4. The zero-order valence-electron chi connectivity index (χ0n) is 22.5. The average Bonchev–Trinajstić information content (AvgIpc) is 3.68. The van der Waals surface area contributed by atoms with Crippen LogP contribution >= 0.6 is 0 Å². The number of likely N-dealkylation sites (tertiary alicyclic amines) is 1. The summed E-state index contributed by atoms with van der Waals surface area (Å²) in [5, 5.41) is 2.92. The standard InChI is InChI=1S/C30H28F3N5O4/c31-30(32,33)42-22-8-6-19(7-9-22)29(40)38-14-11-18(12-15-38)23-10-13-34-27-25(23)36-26(37-27)20-3-1-4-21(17-20)35-28(39)24-5-2-16-41-24/h1,3-4,6-10,13,17-18,24H,2,5,11-12,14-16H2,(H,35,39)(H,34,36,37). The van der Waals surface area contributed by atoms with Crippen molar-refractivity contribution in [3.8, 4) is 17.1 Å². The highest BCUT2D eigenvalue weighted by Crippen LogP contribution is 2.34. The summed E-state index contributed by atoms with van der Waals surface area (Å²) in [6.45, 7) is 1.59. The minimum absolute atomic E-state index is 0.148. The molecule has 1 unspecified atom stereocenters. The molecule has 2 saturated heterocycles. The molecule has 0 radical (unpaired) electrons. The number of aromatic nitrogens is 3. The molecule has 12 heteroatoms. The number of nitrogens with one attached hydrogen (secondary N) is 2. The second-order valence-corrected chi connectivity index (χ2v) is 10.4. The number of hydrogen-bond donors (Lipinski definition) is 2. The predicted molar refractivity (Wildman–Crippen MR) is 148 cm³/mol. The Balaban J connectivity index is 1.13. The summed E-state index contributed by atoms with van der Waals surface area (Å²) in [4.78, 5) is 39.8. The molecule has 2 aromatic carbocycles. The molecule has 218 valence electrons. The van der Waals surface area contributed by atoms with E-state index in [4.69, 9.17) is 9.72 Å². The van der Waals surface area contributed by atoms with Crippen molar-refractivity contribution >= 4 is 28.7 Å². The van der Waals surface area contributed by atoms with E-state index < -0.39 is 12.5 Å². The maximum Gasteiger partial charge on any atom is 0.573 e. The summed E-state index contributed by atoms with van der Waals surface area (Å²) in [5.74, 6) is 0.0166. The first-order valence-corrected chi connectivity index (χ1v) is 13.8. The summed E-state index contributed by atoms with van der Waals surface area (Å²) in [6.07, 6.45) is -0.482. The number of hydrogen-bond acceptors (Lipinski definition) is 6. The maximum atomic E-state index is 13.0. The van der Waals surface area contributed by atoms with Crippen molar-refractivity contribution in [3.05, 3.63) is 71.9 Å². The fourth-order valence-corrected chi connectivity index (χ4v) is 5.52.